The van der Waals surface area contributed by atoms with Crippen molar-refractivity contribution >= 4 is 33.2 Å². The molecule has 0 atom stereocenters. The number of hydrogen-bond acceptors (Lipinski definition) is 2. The highest BCUT2D eigenvalue weighted by Gasteiger charge is 2.26. The number of benzene rings is 1. The molecule has 0 aliphatic heterocycles. The zero-order valence-corrected chi connectivity index (χ0v) is 12.8. The van der Waals surface area contributed by atoms with E-state index in [1.54, 1.807) is 11.3 Å². The minimum absolute atomic E-state index is 0.0936. The second-order valence-corrected chi connectivity index (χ2v) is 6.64. The smallest absolute Gasteiger partial charge is 0.224 e. The lowest BCUT2D eigenvalue weighted by Gasteiger charge is -2.09. The fourth-order valence-corrected chi connectivity index (χ4v) is 3.94. The van der Waals surface area contributed by atoms with Crippen molar-refractivity contribution in [2.24, 2.45) is 5.92 Å². The van der Waals surface area contributed by atoms with Crippen molar-refractivity contribution in [1.82, 2.24) is 5.32 Å². The summed E-state index contributed by atoms with van der Waals surface area (Å²) in [5, 5.41) is 5.07. The SMILES string of the molecule is O=C(NCc1sccc1Br)C1Cc2ccccc2C1. The van der Waals surface area contributed by atoms with Crippen LogP contribution in [0.15, 0.2) is 40.2 Å². The first-order valence-electron chi connectivity index (χ1n) is 6.30. The summed E-state index contributed by atoms with van der Waals surface area (Å²) in [7, 11) is 0. The molecule has 0 radical (unpaired) electrons. The van der Waals surface area contributed by atoms with Crippen LogP contribution in [-0.2, 0) is 24.2 Å². The second-order valence-electron chi connectivity index (χ2n) is 4.78. The Labute approximate surface area is 125 Å². The summed E-state index contributed by atoms with van der Waals surface area (Å²) in [6, 6.07) is 10.3. The molecule has 0 unspecified atom stereocenters. The summed E-state index contributed by atoms with van der Waals surface area (Å²) in [6.07, 6.45) is 1.74. The quantitative estimate of drug-likeness (QED) is 0.913. The molecule has 2 nitrogen and oxygen atoms in total. The van der Waals surface area contributed by atoms with Crippen LogP contribution in [0.3, 0.4) is 0 Å². The molecule has 0 bridgehead atoms. The molecule has 0 saturated heterocycles. The van der Waals surface area contributed by atoms with Gasteiger partial charge in [-0.25, -0.2) is 0 Å². The predicted molar refractivity (Wildman–Crippen MR) is 81.2 cm³/mol. The van der Waals surface area contributed by atoms with Gasteiger partial charge in [-0.2, -0.15) is 0 Å². The van der Waals surface area contributed by atoms with Gasteiger partial charge in [-0.05, 0) is 51.3 Å². The van der Waals surface area contributed by atoms with E-state index < -0.39 is 0 Å². The average molecular weight is 336 g/mol. The summed E-state index contributed by atoms with van der Waals surface area (Å²) < 4.78 is 1.08. The molecule has 1 amide bonds. The highest BCUT2D eigenvalue weighted by Crippen LogP contribution is 2.27. The third-order valence-corrected chi connectivity index (χ3v) is 5.46. The van der Waals surface area contributed by atoms with Gasteiger partial charge >= 0.3 is 0 Å². The Kier molecular flexibility index (Phi) is 3.71. The molecule has 98 valence electrons. The fourth-order valence-electron chi connectivity index (χ4n) is 2.51. The van der Waals surface area contributed by atoms with Crippen molar-refractivity contribution < 1.29 is 4.79 Å². The summed E-state index contributed by atoms with van der Waals surface area (Å²) in [4.78, 5) is 13.4. The van der Waals surface area contributed by atoms with Gasteiger partial charge in [0.1, 0.15) is 0 Å². The number of carbonyl (C=O) groups is 1. The minimum atomic E-state index is 0.0936. The standard InChI is InChI=1S/C15H14BrNOS/c16-13-5-6-19-14(13)9-17-15(18)12-7-10-3-1-2-4-11(10)8-12/h1-6,12H,7-9H2,(H,17,18). The third kappa shape index (κ3) is 2.74. The van der Waals surface area contributed by atoms with E-state index in [9.17, 15) is 4.79 Å². The number of fused-ring (bicyclic) bond motifs is 1. The Morgan fingerprint density at radius 1 is 1.26 bits per heavy atom. The lowest BCUT2D eigenvalue weighted by Crippen LogP contribution is -2.30. The van der Waals surface area contributed by atoms with Crippen molar-refractivity contribution in [3.63, 3.8) is 0 Å². The monoisotopic (exact) mass is 335 g/mol. The molecule has 19 heavy (non-hydrogen) atoms. The van der Waals surface area contributed by atoms with Gasteiger partial charge in [-0.1, -0.05) is 24.3 Å². The number of halogens is 1. The maximum absolute atomic E-state index is 12.2. The number of carbonyl (C=O) groups excluding carboxylic acids is 1. The lowest BCUT2D eigenvalue weighted by molar-refractivity contribution is -0.124. The van der Waals surface area contributed by atoms with Crippen molar-refractivity contribution in [1.29, 1.82) is 0 Å². The molecule has 0 spiro atoms. The van der Waals surface area contributed by atoms with Gasteiger partial charge in [-0.3, -0.25) is 4.79 Å². The average Bonchev–Trinajstić information content (AvgIpc) is 3.01. The lowest BCUT2D eigenvalue weighted by atomic mass is 10.1. The number of rotatable bonds is 3. The van der Waals surface area contributed by atoms with Crippen molar-refractivity contribution in [3.8, 4) is 0 Å². The van der Waals surface area contributed by atoms with Crippen LogP contribution < -0.4 is 5.32 Å². The normalized spacial score (nSPS) is 14.4. The number of hydrogen-bond donors (Lipinski definition) is 1. The number of thiophene rings is 1. The molecule has 1 N–H and O–H groups in total. The van der Waals surface area contributed by atoms with Crippen LogP contribution in [0.25, 0.3) is 0 Å². The van der Waals surface area contributed by atoms with E-state index in [0.29, 0.717) is 6.54 Å². The van der Waals surface area contributed by atoms with Gasteiger partial charge in [-0.15, -0.1) is 11.3 Å². The Balaban J connectivity index is 1.60. The molecule has 0 saturated carbocycles. The van der Waals surface area contributed by atoms with Crippen LogP contribution in [0.1, 0.15) is 16.0 Å². The van der Waals surface area contributed by atoms with E-state index in [4.69, 9.17) is 0 Å². The predicted octanol–water partition coefficient (Wildman–Crippen LogP) is 3.54. The molecular formula is C15H14BrNOS. The topological polar surface area (TPSA) is 29.1 Å². The van der Waals surface area contributed by atoms with Crippen molar-refractivity contribution in [3.05, 3.63) is 56.2 Å². The zero-order chi connectivity index (χ0) is 13.2. The fraction of sp³-hybridized carbons (Fsp3) is 0.267. The van der Waals surface area contributed by atoms with Crippen molar-refractivity contribution in [2.75, 3.05) is 0 Å². The molecule has 1 heterocycles. The second kappa shape index (κ2) is 5.47. The molecule has 0 fully saturated rings. The molecule has 2 aromatic rings. The van der Waals surface area contributed by atoms with E-state index in [0.717, 1.165) is 17.3 Å². The van der Waals surface area contributed by atoms with Gasteiger partial charge in [0.05, 0.1) is 6.54 Å². The summed E-state index contributed by atoms with van der Waals surface area (Å²) >= 11 is 5.14. The molecule has 1 aliphatic carbocycles. The van der Waals surface area contributed by atoms with Crippen molar-refractivity contribution in [2.45, 2.75) is 19.4 Å². The Bertz CT molecular complexity index is 583. The summed E-state index contributed by atoms with van der Waals surface area (Å²) in [5.41, 5.74) is 2.64. The number of amides is 1. The minimum Gasteiger partial charge on any atom is -0.351 e. The first kappa shape index (κ1) is 12.9. The van der Waals surface area contributed by atoms with Gasteiger partial charge < -0.3 is 5.32 Å². The van der Waals surface area contributed by atoms with E-state index in [1.807, 2.05) is 23.6 Å². The molecule has 1 aliphatic rings. The molecule has 1 aromatic heterocycles. The summed E-state index contributed by atoms with van der Waals surface area (Å²) in [5.74, 6) is 0.257. The van der Waals surface area contributed by atoms with E-state index >= 15 is 0 Å². The highest BCUT2D eigenvalue weighted by molar-refractivity contribution is 9.10. The maximum atomic E-state index is 12.2. The van der Waals surface area contributed by atoms with Crippen LogP contribution in [0.4, 0.5) is 0 Å². The van der Waals surface area contributed by atoms with Crippen LogP contribution in [0.2, 0.25) is 0 Å². The highest BCUT2D eigenvalue weighted by atomic mass is 79.9. The number of nitrogens with one attached hydrogen (secondary N) is 1. The molecule has 3 rings (SSSR count). The van der Waals surface area contributed by atoms with Crippen LogP contribution in [0, 0.1) is 5.92 Å². The van der Waals surface area contributed by atoms with Gasteiger partial charge in [0.25, 0.3) is 0 Å². The Hall–Kier alpha value is -1.13. The molecule has 4 heteroatoms. The first-order chi connectivity index (χ1) is 9.24. The zero-order valence-electron chi connectivity index (χ0n) is 10.4. The van der Waals surface area contributed by atoms with Gasteiger partial charge in [0.15, 0.2) is 0 Å². The van der Waals surface area contributed by atoms with Crippen LogP contribution >= 0.6 is 27.3 Å². The van der Waals surface area contributed by atoms with Crippen LogP contribution in [-0.4, -0.2) is 5.91 Å². The Morgan fingerprint density at radius 2 is 1.95 bits per heavy atom. The molecular weight excluding hydrogens is 322 g/mol. The van der Waals surface area contributed by atoms with E-state index in [2.05, 4.69) is 33.4 Å². The summed E-state index contributed by atoms with van der Waals surface area (Å²) in [6.45, 7) is 0.615. The first-order valence-corrected chi connectivity index (χ1v) is 7.97. The Morgan fingerprint density at radius 3 is 2.53 bits per heavy atom. The van der Waals surface area contributed by atoms with E-state index in [-0.39, 0.29) is 11.8 Å². The molecule has 1 aromatic carbocycles. The van der Waals surface area contributed by atoms with Gasteiger partial charge in [0, 0.05) is 15.3 Å². The largest absolute Gasteiger partial charge is 0.351 e. The van der Waals surface area contributed by atoms with E-state index in [1.165, 1.54) is 16.0 Å². The van der Waals surface area contributed by atoms with Gasteiger partial charge in [0.2, 0.25) is 5.91 Å². The maximum Gasteiger partial charge on any atom is 0.224 e. The van der Waals surface area contributed by atoms with Crippen LogP contribution in [0.5, 0.6) is 0 Å². The third-order valence-electron chi connectivity index (χ3n) is 3.54.